The summed E-state index contributed by atoms with van der Waals surface area (Å²) in [4.78, 5) is 27.5. The highest BCUT2D eigenvalue weighted by Gasteiger charge is 2.34. The van der Waals surface area contributed by atoms with Crippen LogP contribution < -0.4 is 19.7 Å². The van der Waals surface area contributed by atoms with Crippen molar-refractivity contribution in [3.8, 4) is 11.5 Å². The van der Waals surface area contributed by atoms with Gasteiger partial charge in [-0.1, -0.05) is 31.2 Å². The smallest absolute Gasteiger partial charge is 0.270 e. The van der Waals surface area contributed by atoms with Crippen LogP contribution in [0.25, 0.3) is 6.08 Å². The average Bonchev–Trinajstić information content (AvgIpc) is 2.87. The Hall–Kier alpha value is -2.51. The first kappa shape index (κ1) is 27.5. The molecule has 0 spiro atoms. The van der Waals surface area contributed by atoms with Gasteiger partial charge in [0.2, 0.25) is 0 Å². The van der Waals surface area contributed by atoms with E-state index < -0.39 is 11.8 Å². The molecular formula is C28H24I2N2O4S. The molecule has 0 aromatic heterocycles. The molecule has 0 atom stereocenters. The number of benzene rings is 3. The third-order valence-electron chi connectivity index (χ3n) is 5.64. The van der Waals surface area contributed by atoms with Gasteiger partial charge in [-0.05, 0) is 130 Å². The van der Waals surface area contributed by atoms with Gasteiger partial charge in [-0.2, -0.15) is 0 Å². The molecule has 1 heterocycles. The van der Waals surface area contributed by atoms with Crippen molar-refractivity contribution >= 4 is 86.1 Å². The maximum absolute atomic E-state index is 13.4. The Morgan fingerprint density at radius 3 is 2.27 bits per heavy atom. The van der Waals surface area contributed by atoms with E-state index in [4.69, 9.17) is 21.7 Å². The number of halogens is 2. The summed E-state index contributed by atoms with van der Waals surface area (Å²) in [6.07, 6.45) is 2.44. The molecule has 0 aliphatic carbocycles. The third kappa shape index (κ3) is 6.50. The summed E-state index contributed by atoms with van der Waals surface area (Å²) in [5.41, 5.74) is 3.40. The van der Waals surface area contributed by atoms with Crippen molar-refractivity contribution in [2.45, 2.75) is 26.9 Å². The number of ether oxygens (including phenoxy) is 2. The Morgan fingerprint density at radius 1 is 0.946 bits per heavy atom. The van der Waals surface area contributed by atoms with Gasteiger partial charge in [-0.25, -0.2) is 0 Å². The Balaban J connectivity index is 1.64. The van der Waals surface area contributed by atoms with Crippen LogP contribution in [0, 0.1) is 7.14 Å². The van der Waals surface area contributed by atoms with Gasteiger partial charge in [0.15, 0.2) is 16.6 Å². The molecule has 9 heteroatoms. The van der Waals surface area contributed by atoms with Crippen LogP contribution in [0.15, 0.2) is 66.2 Å². The van der Waals surface area contributed by atoms with E-state index in [0.717, 1.165) is 24.7 Å². The summed E-state index contributed by atoms with van der Waals surface area (Å²) in [5.74, 6) is 0.132. The molecule has 190 valence electrons. The standard InChI is InChI=1S/C28H24I2N2O4S/c1-3-17-7-11-21(12-8-17)32-27(34)22(26(33)31-28(32)37)13-19-14-23(30)25(24(15-19)35-4-2)36-16-18-5-9-20(29)10-6-18/h5-15H,3-4,16H2,1-2H3,(H,31,33,37)/b22-13+. The van der Waals surface area contributed by atoms with Crippen LogP contribution in [-0.2, 0) is 22.6 Å². The van der Waals surface area contributed by atoms with E-state index in [2.05, 4.69) is 57.4 Å². The largest absolute Gasteiger partial charge is 0.490 e. The molecule has 1 N–H and O–H groups in total. The second-order valence-electron chi connectivity index (χ2n) is 8.16. The zero-order valence-corrected chi connectivity index (χ0v) is 25.3. The van der Waals surface area contributed by atoms with Crippen molar-refractivity contribution in [2.24, 2.45) is 0 Å². The van der Waals surface area contributed by atoms with Crippen LogP contribution in [0.1, 0.15) is 30.5 Å². The number of nitrogens with zero attached hydrogens (tertiary/aromatic N) is 1. The van der Waals surface area contributed by atoms with Crippen molar-refractivity contribution in [2.75, 3.05) is 11.5 Å². The molecule has 0 saturated carbocycles. The number of hydrogen-bond donors (Lipinski definition) is 1. The number of carbonyl (C=O) groups is 2. The van der Waals surface area contributed by atoms with Crippen molar-refractivity contribution in [3.05, 3.63) is 90.1 Å². The highest BCUT2D eigenvalue weighted by Crippen LogP contribution is 2.36. The van der Waals surface area contributed by atoms with E-state index in [0.29, 0.717) is 36.0 Å². The molecule has 3 aromatic carbocycles. The molecule has 1 aliphatic rings. The normalized spacial score (nSPS) is 14.6. The van der Waals surface area contributed by atoms with Gasteiger partial charge >= 0.3 is 0 Å². The predicted molar refractivity (Wildman–Crippen MR) is 166 cm³/mol. The fraction of sp³-hybridized carbons (Fsp3) is 0.179. The van der Waals surface area contributed by atoms with Crippen molar-refractivity contribution in [1.82, 2.24) is 5.32 Å². The molecule has 1 fully saturated rings. The van der Waals surface area contributed by atoms with Gasteiger partial charge in [0, 0.05) is 3.57 Å². The van der Waals surface area contributed by atoms with Crippen LogP contribution in [0.3, 0.4) is 0 Å². The van der Waals surface area contributed by atoms with E-state index in [1.807, 2.05) is 61.5 Å². The third-order valence-corrected chi connectivity index (χ3v) is 7.45. The van der Waals surface area contributed by atoms with Crippen LogP contribution in [0.4, 0.5) is 5.69 Å². The van der Waals surface area contributed by atoms with Crippen LogP contribution in [-0.4, -0.2) is 23.5 Å². The monoisotopic (exact) mass is 738 g/mol. The topological polar surface area (TPSA) is 67.9 Å². The number of aryl methyl sites for hydroxylation is 1. The number of hydrogen-bond acceptors (Lipinski definition) is 5. The second-order valence-corrected chi connectivity index (χ2v) is 11.0. The number of amides is 2. The summed E-state index contributed by atoms with van der Waals surface area (Å²) >= 11 is 9.76. The predicted octanol–water partition coefficient (Wildman–Crippen LogP) is 6.27. The summed E-state index contributed by atoms with van der Waals surface area (Å²) in [5, 5.41) is 2.69. The lowest BCUT2D eigenvalue weighted by Gasteiger charge is -2.29. The zero-order chi connectivity index (χ0) is 26.5. The maximum Gasteiger partial charge on any atom is 0.270 e. The minimum absolute atomic E-state index is 0.0148. The minimum Gasteiger partial charge on any atom is -0.490 e. The van der Waals surface area contributed by atoms with Gasteiger partial charge < -0.3 is 9.47 Å². The summed E-state index contributed by atoms with van der Waals surface area (Å²) in [6.45, 7) is 4.77. The number of anilines is 1. The zero-order valence-electron chi connectivity index (χ0n) is 20.2. The molecule has 0 radical (unpaired) electrons. The lowest BCUT2D eigenvalue weighted by atomic mass is 10.1. The molecule has 1 saturated heterocycles. The Labute approximate surface area is 248 Å². The molecule has 4 rings (SSSR count). The van der Waals surface area contributed by atoms with Gasteiger partial charge in [0.25, 0.3) is 11.8 Å². The lowest BCUT2D eigenvalue weighted by Crippen LogP contribution is -2.54. The molecule has 1 aliphatic heterocycles. The molecule has 6 nitrogen and oxygen atoms in total. The Bertz CT molecular complexity index is 1370. The summed E-state index contributed by atoms with van der Waals surface area (Å²) < 4.78 is 13.9. The first-order valence-corrected chi connectivity index (χ1v) is 14.2. The summed E-state index contributed by atoms with van der Waals surface area (Å²) in [6, 6.07) is 19.3. The fourth-order valence-electron chi connectivity index (χ4n) is 3.75. The minimum atomic E-state index is -0.538. The van der Waals surface area contributed by atoms with Crippen LogP contribution in [0.2, 0.25) is 0 Å². The number of thiocarbonyl (C=S) groups is 1. The fourth-order valence-corrected chi connectivity index (χ4v) is 5.17. The van der Waals surface area contributed by atoms with E-state index in [1.165, 1.54) is 4.90 Å². The average molecular weight is 738 g/mol. The quantitative estimate of drug-likeness (QED) is 0.128. The maximum atomic E-state index is 13.4. The van der Waals surface area contributed by atoms with E-state index in [-0.39, 0.29) is 10.7 Å². The Morgan fingerprint density at radius 2 is 1.62 bits per heavy atom. The first-order chi connectivity index (χ1) is 17.8. The number of rotatable bonds is 8. The number of nitrogens with one attached hydrogen (secondary N) is 1. The van der Waals surface area contributed by atoms with Crippen molar-refractivity contribution < 1.29 is 19.1 Å². The highest BCUT2D eigenvalue weighted by molar-refractivity contribution is 14.1. The van der Waals surface area contributed by atoms with Crippen molar-refractivity contribution in [1.29, 1.82) is 0 Å². The molecule has 0 bridgehead atoms. The highest BCUT2D eigenvalue weighted by atomic mass is 127. The number of carbonyl (C=O) groups excluding carboxylic acids is 2. The van der Waals surface area contributed by atoms with Gasteiger partial charge in [-0.3, -0.25) is 19.8 Å². The molecule has 2 amide bonds. The van der Waals surface area contributed by atoms with E-state index in [9.17, 15) is 9.59 Å². The molecular weight excluding hydrogens is 714 g/mol. The second kappa shape index (κ2) is 12.4. The molecule has 0 unspecified atom stereocenters. The molecule has 37 heavy (non-hydrogen) atoms. The van der Waals surface area contributed by atoms with E-state index >= 15 is 0 Å². The van der Waals surface area contributed by atoms with Gasteiger partial charge in [-0.15, -0.1) is 0 Å². The lowest BCUT2D eigenvalue weighted by molar-refractivity contribution is -0.122. The molecule has 3 aromatic rings. The Kier molecular flexibility index (Phi) is 9.19. The summed E-state index contributed by atoms with van der Waals surface area (Å²) in [7, 11) is 0. The van der Waals surface area contributed by atoms with Crippen molar-refractivity contribution in [3.63, 3.8) is 0 Å². The van der Waals surface area contributed by atoms with Crippen LogP contribution >= 0.6 is 57.4 Å². The van der Waals surface area contributed by atoms with E-state index in [1.54, 1.807) is 12.1 Å². The first-order valence-electron chi connectivity index (χ1n) is 11.6. The van der Waals surface area contributed by atoms with Gasteiger partial charge in [0.05, 0.1) is 15.9 Å². The van der Waals surface area contributed by atoms with Crippen LogP contribution in [0.5, 0.6) is 11.5 Å². The van der Waals surface area contributed by atoms with Gasteiger partial charge in [0.1, 0.15) is 12.2 Å². The SMILES string of the molecule is CCOc1cc(/C=C2\C(=O)NC(=S)N(c3ccc(CC)cc3)C2=O)cc(I)c1OCc1ccc(I)cc1.